The number of hydrogen-bond donors (Lipinski definition) is 1. The van der Waals surface area contributed by atoms with E-state index in [-0.39, 0.29) is 0 Å². The van der Waals surface area contributed by atoms with Gasteiger partial charge in [0.25, 0.3) is 0 Å². The fourth-order valence-corrected chi connectivity index (χ4v) is 3.00. The number of thiophene rings is 1. The second-order valence-electron chi connectivity index (χ2n) is 5.76. The summed E-state index contributed by atoms with van der Waals surface area (Å²) in [5.74, 6) is 0. The number of aliphatic hydroxyl groups is 1. The molecule has 1 aromatic heterocycles. The summed E-state index contributed by atoms with van der Waals surface area (Å²) in [6, 6.07) is 14.6. The zero-order chi connectivity index (χ0) is 15.8. The maximum absolute atomic E-state index is 10.2. The fourth-order valence-electron chi connectivity index (χ4n) is 2.27. The van der Waals surface area contributed by atoms with Crippen molar-refractivity contribution < 1.29 is 9.84 Å². The molecule has 1 heterocycles. The molecule has 1 aromatic carbocycles. The largest absolute Gasteiger partial charge is 0.389 e. The average molecular weight is 319 g/mol. The summed E-state index contributed by atoms with van der Waals surface area (Å²) in [6.45, 7) is 6.73. The van der Waals surface area contributed by atoms with Crippen molar-refractivity contribution in [3.8, 4) is 0 Å². The highest BCUT2D eigenvalue weighted by Crippen LogP contribution is 2.14. The smallest absolute Gasteiger partial charge is 0.0900 e. The molecule has 0 aliphatic carbocycles. The van der Waals surface area contributed by atoms with E-state index in [1.165, 1.54) is 4.88 Å². The number of nitrogens with zero attached hydrogens (tertiary/aromatic N) is 1. The molecular weight excluding hydrogens is 294 g/mol. The minimum absolute atomic E-state index is 0.364. The van der Waals surface area contributed by atoms with Gasteiger partial charge in [0.05, 0.1) is 19.3 Å². The third-order valence-corrected chi connectivity index (χ3v) is 4.40. The first kappa shape index (κ1) is 17.2. The highest BCUT2D eigenvalue weighted by atomic mass is 32.1. The zero-order valence-corrected chi connectivity index (χ0v) is 14.1. The molecular formula is C18H25NO2S. The lowest BCUT2D eigenvalue weighted by Gasteiger charge is -2.28. The van der Waals surface area contributed by atoms with Gasteiger partial charge in [-0.3, -0.25) is 4.90 Å². The Bertz CT molecular complexity index is 513. The monoisotopic (exact) mass is 319 g/mol. The van der Waals surface area contributed by atoms with E-state index in [1.807, 2.05) is 30.3 Å². The SMILES string of the molecule is CC(C)N(Cc1cccs1)C[C@@H](O)COCc1ccccc1. The number of ether oxygens (including phenoxy) is 1. The summed E-state index contributed by atoms with van der Waals surface area (Å²) in [7, 11) is 0. The molecule has 0 fully saturated rings. The van der Waals surface area contributed by atoms with Crippen LogP contribution < -0.4 is 0 Å². The standard InChI is InChI=1S/C18H25NO2S/c1-15(2)19(12-18-9-6-10-22-18)11-17(20)14-21-13-16-7-4-3-5-8-16/h3-10,15,17,20H,11-14H2,1-2H3/t17-/m1/s1. The van der Waals surface area contributed by atoms with Gasteiger partial charge in [-0.2, -0.15) is 0 Å². The van der Waals surface area contributed by atoms with Crippen LogP contribution in [-0.2, 0) is 17.9 Å². The van der Waals surface area contributed by atoms with Gasteiger partial charge in [-0.05, 0) is 30.9 Å². The van der Waals surface area contributed by atoms with E-state index in [0.29, 0.717) is 25.8 Å². The molecule has 0 unspecified atom stereocenters. The summed E-state index contributed by atoms with van der Waals surface area (Å²) in [5, 5.41) is 12.3. The summed E-state index contributed by atoms with van der Waals surface area (Å²) in [5.41, 5.74) is 1.13. The van der Waals surface area contributed by atoms with Crippen molar-refractivity contribution in [1.82, 2.24) is 4.90 Å². The van der Waals surface area contributed by atoms with E-state index in [9.17, 15) is 5.11 Å². The van der Waals surface area contributed by atoms with Crippen LogP contribution in [0.3, 0.4) is 0 Å². The molecule has 0 amide bonds. The Labute approximate surface area is 137 Å². The molecule has 3 nitrogen and oxygen atoms in total. The highest BCUT2D eigenvalue weighted by Gasteiger charge is 2.15. The molecule has 0 radical (unpaired) electrons. The predicted octanol–water partition coefficient (Wildman–Crippen LogP) is 3.54. The van der Waals surface area contributed by atoms with E-state index >= 15 is 0 Å². The van der Waals surface area contributed by atoms with Crippen molar-refractivity contribution in [2.45, 2.75) is 39.1 Å². The van der Waals surface area contributed by atoms with Gasteiger partial charge < -0.3 is 9.84 Å². The topological polar surface area (TPSA) is 32.7 Å². The lowest BCUT2D eigenvalue weighted by molar-refractivity contribution is 0.00333. The summed E-state index contributed by atoms with van der Waals surface area (Å²) < 4.78 is 5.62. The molecule has 2 aromatic rings. The molecule has 0 aliphatic rings. The Morgan fingerprint density at radius 3 is 2.55 bits per heavy atom. The van der Waals surface area contributed by atoms with Gasteiger partial charge in [0.15, 0.2) is 0 Å². The Balaban J connectivity index is 1.74. The molecule has 22 heavy (non-hydrogen) atoms. The van der Waals surface area contributed by atoms with Gasteiger partial charge in [-0.25, -0.2) is 0 Å². The first-order chi connectivity index (χ1) is 10.6. The van der Waals surface area contributed by atoms with Crippen LogP contribution in [-0.4, -0.2) is 35.3 Å². The van der Waals surface area contributed by atoms with Crippen molar-refractivity contribution in [3.05, 3.63) is 58.3 Å². The molecule has 0 saturated carbocycles. The van der Waals surface area contributed by atoms with Gasteiger partial charge in [0.1, 0.15) is 0 Å². The number of aliphatic hydroxyl groups excluding tert-OH is 1. The van der Waals surface area contributed by atoms with E-state index < -0.39 is 6.10 Å². The molecule has 0 bridgehead atoms. The Kier molecular flexibility index (Phi) is 7.06. The number of benzene rings is 1. The van der Waals surface area contributed by atoms with E-state index in [0.717, 1.165) is 12.1 Å². The van der Waals surface area contributed by atoms with Crippen LogP contribution in [0.25, 0.3) is 0 Å². The molecule has 4 heteroatoms. The molecule has 120 valence electrons. The average Bonchev–Trinajstić information content (AvgIpc) is 3.00. The first-order valence-corrected chi connectivity index (χ1v) is 8.59. The van der Waals surface area contributed by atoms with Crippen molar-refractivity contribution in [2.24, 2.45) is 0 Å². The van der Waals surface area contributed by atoms with E-state index in [4.69, 9.17) is 4.74 Å². The molecule has 0 saturated heterocycles. The van der Waals surface area contributed by atoms with Gasteiger partial charge in [-0.15, -0.1) is 11.3 Å². The van der Waals surface area contributed by atoms with Crippen LogP contribution in [0.2, 0.25) is 0 Å². The van der Waals surface area contributed by atoms with Gasteiger partial charge in [-0.1, -0.05) is 36.4 Å². The maximum Gasteiger partial charge on any atom is 0.0900 e. The van der Waals surface area contributed by atoms with Crippen molar-refractivity contribution in [2.75, 3.05) is 13.2 Å². The lowest BCUT2D eigenvalue weighted by atomic mass is 10.2. The fraction of sp³-hybridized carbons (Fsp3) is 0.444. The number of rotatable bonds is 9. The minimum atomic E-state index is -0.467. The molecule has 2 rings (SSSR count). The third kappa shape index (κ3) is 5.89. The lowest BCUT2D eigenvalue weighted by Crippen LogP contribution is -2.38. The van der Waals surface area contributed by atoms with Crippen LogP contribution in [0.4, 0.5) is 0 Å². The first-order valence-electron chi connectivity index (χ1n) is 7.71. The highest BCUT2D eigenvalue weighted by molar-refractivity contribution is 7.09. The number of hydrogen-bond acceptors (Lipinski definition) is 4. The van der Waals surface area contributed by atoms with Crippen molar-refractivity contribution in [3.63, 3.8) is 0 Å². The van der Waals surface area contributed by atoms with Gasteiger partial charge in [0, 0.05) is 24.0 Å². The molecule has 0 aliphatic heterocycles. The van der Waals surface area contributed by atoms with Crippen LogP contribution in [0, 0.1) is 0 Å². The zero-order valence-electron chi connectivity index (χ0n) is 13.3. The minimum Gasteiger partial charge on any atom is -0.389 e. The predicted molar refractivity (Wildman–Crippen MR) is 92.0 cm³/mol. The third-order valence-electron chi connectivity index (χ3n) is 3.54. The quantitative estimate of drug-likeness (QED) is 0.767. The summed E-state index contributed by atoms with van der Waals surface area (Å²) >= 11 is 1.76. The normalized spacial score (nSPS) is 13.0. The van der Waals surface area contributed by atoms with Crippen molar-refractivity contribution in [1.29, 1.82) is 0 Å². The molecule has 0 spiro atoms. The summed E-state index contributed by atoms with van der Waals surface area (Å²) in [6.07, 6.45) is -0.467. The van der Waals surface area contributed by atoms with Crippen LogP contribution in [0.15, 0.2) is 47.8 Å². The molecule has 1 atom stereocenters. The second kappa shape index (κ2) is 9.06. The summed E-state index contributed by atoms with van der Waals surface area (Å²) in [4.78, 5) is 3.61. The molecule has 1 N–H and O–H groups in total. The van der Waals surface area contributed by atoms with Crippen LogP contribution >= 0.6 is 11.3 Å². The van der Waals surface area contributed by atoms with Gasteiger partial charge in [0.2, 0.25) is 0 Å². The van der Waals surface area contributed by atoms with E-state index in [1.54, 1.807) is 11.3 Å². The van der Waals surface area contributed by atoms with E-state index in [2.05, 4.69) is 36.3 Å². The Hall–Kier alpha value is -1.20. The van der Waals surface area contributed by atoms with Crippen LogP contribution in [0.5, 0.6) is 0 Å². The Morgan fingerprint density at radius 2 is 1.91 bits per heavy atom. The Morgan fingerprint density at radius 1 is 1.14 bits per heavy atom. The van der Waals surface area contributed by atoms with Crippen molar-refractivity contribution >= 4 is 11.3 Å². The second-order valence-corrected chi connectivity index (χ2v) is 6.79. The van der Waals surface area contributed by atoms with Gasteiger partial charge >= 0.3 is 0 Å². The maximum atomic E-state index is 10.2. The van der Waals surface area contributed by atoms with Crippen LogP contribution in [0.1, 0.15) is 24.3 Å².